The Bertz CT molecular complexity index is 297. The molecule has 0 radical (unpaired) electrons. The molecule has 0 bridgehead atoms. The molecular weight excluding hydrogens is 234 g/mol. The van der Waals surface area contributed by atoms with Gasteiger partial charge >= 0.3 is 0 Å². The van der Waals surface area contributed by atoms with Crippen molar-refractivity contribution in [1.82, 2.24) is 10.4 Å². The minimum atomic E-state index is -0.661. The van der Waals surface area contributed by atoms with Crippen molar-refractivity contribution in [2.24, 2.45) is 5.73 Å². The molecular formula is C8H13N3O4S. The molecule has 0 aromatic heterocycles. The molecule has 1 saturated heterocycles. The Hall–Kier alpha value is -1.28. The summed E-state index contributed by atoms with van der Waals surface area (Å²) in [6.45, 7) is 0.667. The van der Waals surface area contributed by atoms with Gasteiger partial charge in [-0.05, 0) is 0 Å². The van der Waals surface area contributed by atoms with Crippen molar-refractivity contribution in [2.45, 2.75) is 6.42 Å². The second-order valence-electron chi connectivity index (χ2n) is 3.13. The molecule has 3 N–H and O–H groups in total. The molecule has 1 rings (SSSR count). The number of carbonyl (C=O) groups excluding carboxylic acids is 3. The number of hydrogen-bond acceptors (Lipinski definition) is 5. The van der Waals surface area contributed by atoms with Gasteiger partial charge in [0.25, 0.3) is 5.24 Å². The number of rotatable bonds is 6. The summed E-state index contributed by atoms with van der Waals surface area (Å²) >= 11 is 1.24. The zero-order valence-electron chi connectivity index (χ0n) is 8.60. The number of hydroxylamine groups is 1. The Labute approximate surface area is 96.6 Å². The molecule has 16 heavy (non-hydrogen) atoms. The van der Waals surface area contributed by atoms with Crippen molar-refractivity contribution < 1.29 is 19.2 Å². The topological polar surface area (TPSA) is 102 Å². The molecule has 1 fully saturated rings. The summed E-state index contributed by atoms with van der Waals surface area (Å²) in [5, 5.41) is -0.00847. The van der Waals surface area contributed by atoms with Gasteiger partial charge in [0.1, 0.15) is 0 Å². The van der Waals surface area contributed by atoms with Gasteiger partial charge < -0.3 is 10.6 Å². The Kier molecular flexibility index (Phi) is 5.06. The fourth-order valence-electron chi connectivity index (χ4n) is 1.10. The van der Waals surface area contributed by atoms with Gasteiger partial charge in [0, 0.05) is 25.3 Å². The zero-order valence-corrected chi connectivity index (χ0v) is 9.42. The van der Waals surface area contributed by atoms with Crippen LogP contribution in [0.4, 0.5) is 4.79 Å². The van der Waals surface area contributed by atoms with E-state index in [-0.39, 0.29) is 24.2 Å². The Morgan fingerprint density at radius 1 is 1.56 bits per heavy atom. The van der Waals surface area contributed by atoms with E-state index in [1.807, 2.05) is 0 Å². The molecule has 7 nitrogen and oxygen atoms in total. The van der Waals surface area contributed by atoms with Crippen LogP contribution >= 0.6 is 11.8 Å². The predicted octanol–water partition coefficient (Wildman–Crippen LogP) is -0.922. The second kappa shape index (κ2) is 6.33. The molecule has 0 unspecified atom stereocenters. The molecule has 0 spiro atoms. The number of thioether (sulfide) groups is 1. The monoisotopic (exact) mass is 247 g/mol. The third kappa shape index (κ3) is 4.49. The van der Waals surface area contributed by atoms with Gasteiger partial charge in [-0.2, -0.15) is 0 Å². The van der Waals surface area contributed by atoms with Gasteiger partial charge in [0.05, 0.1) is 0 Å². The molecule has 1 heterocycles. The van der Waals surface area contributed by atoms with Gasteiger partial charge in [-0.25, -0.2) is 5.48 Å². The average Bonchev–Trinajstić information content (AvgIpc) is 2.60. The first-order valence-electron chi connectivity index (χ1n) is 4.70. The minimum Gasteiger partial charge on any atom is -0.368 e. The van der Waals surface area contributed by atoms with Crippen LogP contribution in [0.5, 0.6) is 0 Å². The summed E-state index contributed by atoms with van der Waals surface area (Å²) in [7, 11) is 0. The van der Waals surface area contributed by atoms with Crippen molar-refractivity contribution in [1.29, 1.82) is 0 Å². The summed E-state index contributed by atoms with van der Waals surface area (Å²) in [5.41, 5.74) is 6.87. The van der Waals surface area contributed by atoms with Crippen LogP contribution in [0, 0.1) is 0 Å². The van der Waals surface area contributed by atoms with Crippen molar-refractivity contribution in [3.05, 3.63) is 0 Å². The van der Waals surface area contributed by atoms with E-state index in [4.69, 9.17) is 5.73 Å². The predicted molar refractivity (Wildman–Crippen MR) is 57.3 cm³/mol. The van der Waals surface area contributed by atoms with E-state index in [1.54, 1.807) is 4.90 Å². The normalized spacial score (nSPS) is 15.2. The lowest BCUT2D eigenvalue weighted by Crippen LogP contribution is -2.33. The maximum absolute atomic E-state index is 11.2. The molecule has 0 atom stereocenters. The third-order valence-electron chi connectivity index (χ3n) is 1.85. The van der Waals surface area contributed by atoms with Gasteiger partial charge in [0.2, 0.25) is 11.8 Å². The van der Waals surface area contributed by atoms with E-state index in [9.17, 15) is 14.4 Å². The molecule has 0 aliphatic carbocycles. The van der Waals surface area contributed by atoms with Crippen LogP contribution < -0.4 is 11.2 Å². The van der Waals surface area contributed by atoms with E-state index in [1.165, 1.54) is 11.8 Å². The summed E-state index contributed by atoms with van der Waals surface area (Å²) in [4.78, 5) is 38.7. The number of amides is 3. The molecule has 0 saturated carbocycles. The summed E-state index contributed by atoms with van der Waals surface area (Å²) in [5.74, 6) is -0.282. The first-order chi connectivity index (χ1) is 7.59. The van der Waals surface area contributed by atoms with Crippen LogP contribution in [-0.4, -0.2) is 47.4 Å². The van der Waals surface area contributed by atoms with Crippen LogP contribution in [-0.2, 0) is 14.4 Å². The number of hydrogen-bond donors (Lipinski definition) is 2. The lowest BCUT2D eigenvalue weighted by molar-refractivity contribution is -0.138. The molecule has 0 aromatic carbocycles. The van der Waals surface area contributed by atoms with Gasteiger partial charge in [0.15, 0.2) is 6.61 Å². The van der Waals surface area contributed by atoms with Crippen molar-refractivity contribution in [3.63, 3.8) is 0 Å². The highest BCUT2D eigenvalue weighted by Gasteiger charge is 2.21. The fourth-order valence-corrected chi connectivity index (χ4v) is 1.96. The third-order valence-corrected chi connectivity index (χ3v) is 2.75. The smallest absolute Gasteiger partial charge is 0.281 e. The molecule has 1 aliphatic heterocycles. The fraction of sp³-hybridized carbons (Fsp3) is 0.625. The van der Waals surface area contributed by atoms with Crippen LogP contribution in [0.1, 0.15) is 6.42 Å². The van der Waals surface area contributed by atoms with Crippen LogP contribution in [0.25, 0.3) is 0 Å². The minimum absolute atomic E-state index is 0.00847. The number of nitrogens with zero attached hydrogens (tertiary/aromatic N) is 1. The zero-order chi connectivity index (χ0) is 12.0. The second-order valence-corrected chi connectivity index (χ2v) is 4.18. The van der Waals surface area contributed by atoms with E-state index >= 15 is 0 Å². The number of primary amides is 1. The standard InChI is InChI=1S/C8H13N3O4S/c9-6(12)5-15-10-7(13)1-2-11-3-4-16-8(11)14/h1-5H2,(H2,9,12)(H,10,13). The highest BCUT2D eigenvalue weighted by molar-refractivity contribution is 8.13. The Balaban J connectivity index is 2.10. The van der Waals surface area contributed by atoms with E-state index in [0.29, 0.717) is 13.1 Å². The first-order valence-corrected chi connectivity index (χ1v) is 5.69. The molecule has 8 heteroatoms. The summed E-state index contributed by atoms with van der Waals surface area (Å²) in [6, 6.07) is 0. The Morgan fingerprint density at radius 3 is 2.88 bits per heavy atom. The SMILES string of the molecule is NC(=O)CONC(=O)CCN1CCSC1=O. The van der Waals surface area contributed by atoms with Gasteiger partial charge in [-0.1, -0.05) is 11.8 Å². The van der Waals surface area contributed by atoms with Crippen LogP contribution in [0.3, 0.4) is 0 Å². The molecule has 90 valence electrons. The molecule has 0 aromatic rings. The number of nitrogens with two attached hydrogens (primary N) is 1. The van der Waals surface area contributed by atoms with Crippen molar-refractivity contribution in [2.75, 3.05) is 25.4 Å². The van der Waals surface area contributed by atoms with Gasteiger partial charge in [-0.15, -0.1) is 0 Å². The van der Waals surface area contributed by atoms with Crippen molar-refractivity contribution in [3.8, 4) is 0 Å². The largest absolute Gasteiger partial charge is 0.368 e. The van der Waals surface area contributed by atoms with E-state index in [2.05, 4.69) is 10.3 Å². The maximum Gasteiger partial charge on any atom is 0.281 e. The highest BCUT2D eigenvalue weighted by Crippen LogP contribution is 2.16. The summed E-state index contributed by atoms with van der Waals surface area (Å²) < 4.78 is 0. The highest BCUT2D eigenvalue weighted by atomic mass is 32.2. The quantitative estimate of drug-likeness (QED) is 0.591. The molecule has 1 aliphatic rings. The Morgan fingerprint density at radius 2 is 2.31 bits per heavy atom. The summed E-state index contributed by atoms with van der Waals surface area (Å²) in [6.07, 6.45) is 0.144. The van der Waals surface area contributed by atoms with Crippen LogP contribution in [0.15, 0.2) is 0 Å². The molecule has 3 amide bonds. The maximum atomic E-state index is 11.2. The lowest BCUT2D eigenvalue weighted by atomic mass is 10.4. The van der Waals surface area contributed by atoms with Crippen molar-refractivity contribution >= 4 is 28.8 Å². The van der Waals surface area contributed by atoms with E-state index < -0.39 is 5.91 Å². The average molecular weight is 247 g/mol. The van der Waals surface area contributed by atoms with Gasteiger partial charge in [-0.3, -0.25) is 19.2 Å². The number of carbonyl (C=O) groups is 3. The van der Waals surface area contributed by atoms with E-state index in [0.717, 1.165) is 5.75 Å². The number of nitrogens with one attached hydrogen (secondary N) is 1. The first kappa shape index (κ1) is 12.8. The van der Waals surface area contributed by atoms with Crippen LogP contribution in [0.2, 0.25) is 0 Å². The lowest BCUT2D eigenvalue weighted by Gasteiger charge is -2.13.